The smallest absolute Gasteiger partial charge is 0.244 e. The van der Waals surface area contributed by atoms with Gasteiger partial charge in [-0.15, -0.1) is 0 Å². The highest BCUT2D eigenvalue weighted by atomic mass is 19.1. The third-order valence-corrected chi connectivity index (χ3v) is 5.16. The lowest BCUT2D eigenvalue weighted by Gasteiger charge is -2.40. The lowest BCUT2D eigenvalue weighted by molar-refractivity contribution is -0.141. The zero-order chi connectivity index (χ0) is 18.7. The highest BCUT2D eigenvalue weighted by Crippen LogP contribution is 2.34. The van der Waals surface area contributed by atoms with Crippen LogP contribution in [0.4, 0.5) is 4.39 Å². The summed E-state index contributed by atoms with van der Waals surface area (Å²) in [5, 5.41) is 10.9. The van der Waals surface area contributed by atoms with E-state index in [-0.39, 0.29) is 11.7 Å². The highest BCUT2D eigenvalue weighted by Gasteiger charge is 2.38. The molecular formula is C21H25FN2O2. The first-order valence-corrected chi connectivity index (χ1v) is 8.90. The summed E-state index contributed by atoms with van der Waals surface area (Å²) < 4.78 is 14.2. The molecular weight excluding hydrogens is 331 g/mol. The topological polar surface area (TPSA) is 43.8 Å². The van der Waals surface area contributed by atoms with E-state index in [4.69, 9.17) is 0 Å². The number of hydrogen-bond acceptors (Lipinski definition) is 3. The molecule has 4 nitrogen and oxygen atoms in total. The van der Waals surface area contributed by atoms with E-state index in [1.54, 1.807) is 42.1 Å². The Morgan fingerprint density at radius 1 is 1.08 bits per heavy atom. The van der Waals surface area contributed by atoms with Crippen LogP contribution in [0, 0.1) is 5.82 Å². The molecule has 5 heteroatoms. The molecule has 0 aromatic heterocycles. The van der Waals surface area contributed by atoms with E-state index in [1.165, 1.54) is 6.07 Å². The molecule has 0 spiro atoms. The van der Waals surface area contributed by atoms with Crippen LogP contribution in [0.25, 0.3) is 0 Å². The molecule has 138 valence electrons. The number of hydrogen-bond donors (Lipinski definition) is 1. The van der Waals surface area contributed by atoms with Gasteiger partial charge in [0.15, 0.2) is 0 Å². The van der Waals surface area contributed by atoms with Crippen LogP contribution in [0.1, 0.15) is 30.0 Å². The predicted molar refractivity (Wildman–Crippen MR) is 99.0 cm³/mol. The molecule has 26 heavy (non-hydrogen) atoms. The standard InChI is InChI=1S/C21H25FN2O2/c1-23(2)19(17-10-6-7-11-18(17)22)20(25)24-14-12-21(26,13-15-24)16-8-4-3-5-9-16/h3-11,19,26H,12-15H2,1-2H3/t19-/m0/s1. The van der Waals surface area contributed by atoms with Crippen molar-refractivity contribution in [3.8, 4) is 0 Å². The van der Waals surface area contributed by atoms with E-state index >= 15 is 0 Å². The quantitative estimate of drug-likeness (QED) is 0.916. The molecule has 0 aliphatic carbocycles. The van der Waals surface area contributed by atoms with Crippen molar-refractivity contribution in [1.82, 2.24) is 9.80 Å². The lowest BCUT2D eigenvalue weighted by Crippen LogP contribution is -2.48. The van der Waals surface area contributed by atoms with E-state index in [0.29, 0.717) is 31.5 Å². The van der Waals surface area contributed by atoms with Crippen LogP contribution < -0.4 is 0 Å². The van der Waals surface area contributed by atoms with Crippen LogP contribution in [-0.2, 0) is 10.4 Å². The first kappa shape index (κ1) is 18.5. The summed E-state index contributed by atoms with van der Waals surface area (Å²) >= 11 is 0. The Morgan fingerprint density at radius 2 is 1.65 bits per heavy atom. The monoisotopic (exact) mass is 356 g/mol. The molecule has 2 aromatic carbocycles. The number of nitrogens with zero attached hydrogens (tertiary/aromatic N) is 2. The summed E-state index contributed by atoms with van der Waals surface area (Å²) in [4.78, 5) is 16.5. The summed E-state index contributed by atoms with van der Waals surface area (Å²) in [6, 6.07) is 15.3. The maximum absolute atomic E-state index is 14.2. The zero-order valence-electron chi connectivity index (χ0n) is 15.2. The average Bonchev–Trinajstić information content (AvgIpc) is 2.64. The van der Waals surface area contributed by atoms with Gasteiger partial charge in [-0.1, -0.05) is 48.5 Å². The van der Waals surface area contributed by atoms with Gasteiger partial charge < -0.3 is 10.0 Å². The minimum atomic E-state index is -0.913. The number of carbonyl (C=O) groups is 1. The van der Waals surface area contributed by atoms with Gasteiger partial charge in [-0.3, -0.25) is 9.69 Å². The van der Waals surface area contributed by atoms with E-state index in [9.17, 15) is 14.3 Å². The second-order valence-electron chi connectivity index (χ2n) is 7.11. The zero-order valence-corrected chi connectivity index (χ0v) is 15.2. The van der Waals surface area contributed by atoms with Crippen LogP contribution in [0.5, 0.6) is 0 Å². The minimum absolute atomic E-state index is 0.129. The number of likely N-dealkylation sites (tertiary alicyclic amines) is 1. The van der Waals surface area contributed by atoms with Crippen molar-refractivity contribution in [2.24, 2.45) is 0 Å². The van der Waals surface area contributed by atoms with Gasteiger partial charge in [0.2, 0.25) is 5.91 Å². The molecule has 0 unspecified atom stereocenters. The molecule has 0 saturated carbocycles. The van der Waals surface area contributed by atoms with E-state index < -0.39 is 11.6 Å². The Hall–Kier alpha value is -2.24. The normalized spacial score (nSPS) is 18.0. The number of halogens is 1. The van der Waals surface area contributed by atoms with E-state index in [1.807, 2.05) is 30.3 Å². The number of benzene rings is 2. The van der Waals surface area contributed by atoms with E-state index in [2.05, 4.69) is 0 Å². The SMILES string of the molecule is CN(C)[C@H](C(=O)N1CCC(O)(c2ccccc2)CC1)c1ccccc1F. The summed E-state index contributed by atoms with van der Waals surface area (Å²) in [7, 11) is 3.55. The maximum atomic E-state index is 14.2. The van der Waals surface area contributed by atoms with Gasteiger partial charge in [-0.2, -0.15) is 0 Å². The predicted octanol–water partition coefficient (Wildman–Crippen LogP) is 2.94. The Kier molecular flexibility index (Phi) is 5.39. The Balaban J connectivity index is 1.76. The largest absolute Gasteiger partial charge is 0.385 e. The first-order valence-electron chi connectivity index (χ1n) is 8.90. The van der Waals surface area contributed by atoms with Crippen LogP contribution in [0.3, 0.4) is 0 Å². The summed E-state index contributed by atoms with van der Waals surface area (Å²) in [6.45, 7) is 0.895. The number of likely N-dealkylation sites (N-methyl/N-ethyl adjacent to an activating group) is 1. The van der Waals surface area contributed by atoms with Gasteiger partial charge in [0, 0.05) is 18.7 Å². The lowest BCUT2D eigenvalue weighted by atomic mass is 9.84. The van der Waals surface area contributed by atoms with Crippen LogP contribution in [0.15, 0.2) is 54.6 Å². The Labute approximate surface area is 153 Å². The van der Waals surface area contributed by atoms with Crippen LogP contribution >= 0.6 is 0 Å². The van der Waals surface area contributed by atoms with Gasteiger partial charge >= 0.3 is 0 Å². The molecule has 1 saturated heterocycles. The van der Waals surface area contributed by atoms with E-state index in [0.717, 1.165) is 5.56 Å². The molecule has 3 rings (SSSR count). The van der Waals surface area contributed by atoms with Crippen molar-refractivity contribution < 1.29 is 14.3 Å². The van der Waals surface area contributed by atoms with Gasteiger partial charge in [0.25, 0.3) is 0 Å². The fourth-order valence-electron chi connectivity index (χ4n) is 3.64. The molecule has 1 amide bonds. The van der Waals surface area contributed by atoms with Crippen molar-refractivity contribution in [2.75, 3.05) is 27.2 Å². The van der Waals surface area contributed by atoms with Gasteiger partial charge in [-0.25, -0.2) is 4.39 Å². The summed E-state index contributed by atoms with van der Waals surface area (Å²) in [5.74, 6) is -0.507. The summed E-state index contributed by atoms with van der Waals surface area (Å²) in [5.41, 5.74) is 0.348. The third kappa shape index (κ3) is 3.64. The molecule has 0 bridgehead atoms. The maximum Gasteiger partial charge on any atom is 0.244 e. The first-order chi connectivity index (χ1) is 12.4. The summed E-state index contributed by atoms with van der Waals surface area (Å²) in [6.07, 6.45) is 0.945. The molecule has 1 atom stereocenters. The van der Waals surface area contributed by atoms with Crippen LogP contribution in [0.2, 0.25) is 0 Å². The minimum Gasteiger partial charge on any atom is -0.385 e. The molecule has 1 aliphatic heterocycles. The van der Waals surface area contributed by atoms with Crippen molar-refractivity contribution in [2.45, 2.75) is 24.5 Å². The fourth-order valence-corrected chi connectivity index (χ4v) is 3.64. The van der Waals surface area contributed by atoms with Crippen molar-refractivity contribution >= 4 is 5.91 Å². The molecule has 1 aliphatic rings. The van der Waals surface area contributed by atoms with Crippen molar-refractivity contribution in [1.29, 1.82) is 0 Å². The third-order valence-electron chi connectivity index (χ3n) is 5.16. The molecule has 2 aromatic rings. The van der Waals surface area contributed by atoms with Crippen molar-refractivity contribution in [3.63, 3.8) is 0 Å². The Morgan fingerprint density at radius 3 is 2.23 bits per heavy atom. The molecule has 1 heterocycles. The number of rotatable bonds is 4. The average molecular weight is 356 g/mol. The number of piperidine rings is 1. The molecule has 1 fully saturated rings. The van der Waals surface area contributed by atoms with Crippen LogP contribution in [-0.4, -0.2) is 48.0 Å². The second kappa shape index (κ2) is 7.56. The fraction of sp³-hybridized carbons (Fsp3) is 0.381. The number of aliphatic hydroxyl groups is 1. The second-order valence-corrected chi connectivity index (χ2v) is 7.11. The number of carbonyl (C=O) groups excluding carboxylic acids is 1. The molecule has 1 N–H and O–H groups in total. The van der Waals surface area contributed by atoms with Crippen molar-refractivity contribution in [3.05, 3.63) is 71.5 Å². The molecule has 0 radical (unpaired) electrons. The van der Waals surface area contributed by atoms with Gasteiger partial charge in [-0.05, 0) is 38.6 Å². The highest BCUT2D eigenvalue weighted by molar-refractivity contribution is 5.83. The van der Waals surface area contributed by atoms with Gasteiger partial charge in [0.05, 0.1) is 5.60 Å². The Bertz CT molecular complexity index is 756. The van der Waals surface area contributed by atoms with Gasteiger partial charge in [0.1, 0.15) is 11.9 Å². The number of amides is 1.